The van der Waals surface area contributed by atoms with Crippen molar-refractivity contribution in [1.82, 2.24) is 9.62 Å². The van der Waals surface area contributed by atoms with Gasteiger partial charge in [0.25, 0.3) is 5.91 Å². The Morgan fingerprint density at radius 3 is 3.11 bits per heavy atom. The molecule has 2 aliphatic heterocycles. The minimum absolute atomic E-state index is 0.0669. The second-order valence-corrected chi connectivity index (χ2v) is 3.07. The van der Waals surface area contributed by atoms with Gasteiger partial charge in [-0.2, -0.15) is 0 Å². The number of hydrogen-bond donors (Lipinski definition) is 1. The number of imide groups is 1. The second-order valence-electron chi connectivity index (χ2n) is 1.95. The molecule has 1 N–H and O–H groups in total. The van der Waals surface area contributed by atoms with Crippen molar-refractivity contribution >= 4 is 23.8 Å². The molecule has 2 atom stereocenters. The van der Waals surface area contributed by atoms with Gasteiger partial charge < -0.3 is 0 Å². The van der Waals surface area contributed by atoms with E-state index in [1.807, 2.05) is 0 Å². The van der Waals surface area contributed by atoms with Gasteiger partial charge in [-0.05, 0) is 11.9 Å². The molecule has 0 aromatic carbocycles. The van der Waals surface area contributed by atoms with Crippen LogP contribution in [-0.2, 0) is 9.59 Å². The first kappa shape index (κ1) is 5.25. The van der Waals surface area contributed by atoms with E-state index in [1.165, 1.54) is 11.9 Å². The van der Waals surface area contributed by atoms with Crippen molar-refractivity contribution in [3.8, 4) is 0 Å². The van der Waals surface area contributed by atoms with Gasteiger partial charge in [0.15, 0.2) is 5.37 Å². The van der Waals surface area contributed by atoms with Crippen LogP contribution in [-0.4, -0.2) is 28.0 Å². The maximum absolute atomic E-state index is 10.7. The molecule has 0 bridgehead atoms. The van der Waals surface area contributed by atoms with E-state index in [-0.39, 0.29) is 17.2 Å². The van der Waals surface area contributed by atoms with E-state index < -0.39 is 0 Å². The largest absolute Gasteiger partial charge is 0.293 e. The summed E-state index contributed by atoms with van der Waals surface area (Å²) in [6.45, 7) is 0.362. The van der Waals surface area contributed by atoms with Crippen LogP contribution in [0.25, 0.3) is 0 Å². The van der Waals surface area contributed by atoms with E-state index in [1.54, 1.807) is 4.31 Å². The first-order chi connectivity index (χ1) is 4.27. The third-order valence-electron chi connectivity index (χ3n) is 1.24. The van der Waals surface area contributed by atoms with Crippen molar-refractivity contribution in [2.45, 2.75) is 5.37 Å². The lowest BCUT2D eigenvalue weighted by Crippen LogP contribution is -2.43. The number of nitrogens with zero attached hydrogens (tertiary/aromatic N) is 1. The summed E-state index contributed by atoms with van der Waals surface area (Å²) in [7, 11) is 0. The summed E-state index contributed by atoms with van der Waals surface area (Å²) in [6, 6.07) is 0. The fourth-order valence-electron chi connectivity index (χ4n) is 0.780. The Hall–Kier alpha value is -0.550. The van der Waals surface area contributed by atoms with Crippen LogP contribution in [0.1, 0.15) is 0 Å². The van der Waals surface area contributed by atoms with E-state index in [4.69, 9.17) is 0 Å². The van der Waals surface area contributed by atoms with Crippen LogP contribution >= 0.6 is 11.9 Å². The highest BCUT2D eigenvalue weighted by molar-refractivity contribution is 8.04. The van der Waals surface area contributed by atoms with Gasteiger partial charge >= 0.3 is 0 Å². The maximum Gasteiger partial charge on any atom is 0.256 e. The van der Waals surface area contributed by atoms with Gasteiger partial charge in [-0.15, -0.1) is 0 Å². The zero-order chi connectivity index (χ0) is 6.43. The minimum Gasteiger partial charge on any atom is -0.293 e. The summed E-state index contributed by atoms with van der Waals surface area (Å²) in [5, 5.41) is 2.16. The van der Waals surface area contributed by atoms with Gasteiger partial charge in [0, 0.05) is 0 Å². The van der Waals surface area contributed by atoms with Crippen molar-refractivity contribution in [2.75, 3.05) is 6.54 Å². The number of rotatable bonds is 0. The molecule has 2 aliphatic rings. The molecule has 2 heterocycles. The molecular formula is C4H4N2O2S. The van der Waals surface area contributed by atoms with Crippen molar-refractivity contribution in [3.63, 3.8) is 0 Å². The summed E-state index contributed by atoms with van der Waals surface area (Å²) in [6.07, 6.45) is 0. The lowest BCUT2D eigenvalue weighted by molar-refractivity contribution is -0.133. The lowest BCUT2D eigenvalue weighted by atomic mass is 10.4. The van der Waals surface area contributed by atoms with E-state index in [2.05, 4.69) is 5.32 Å². The standard InChI is InChI=1S/C4H4N2O2S/c7-2-1-6-4(9-6)3(8)5-2/h4H,1H2,(H,5,7,8). The Bertz CT molecular complexity index is 193. The van der Waals surface area contributed by atoms with Gasteiger partial charge in [-0.3, -0.25) is 14.9 Å². The summed E-state index contributed by atoms with van der Waals surface area (Å²) in [5.74, 6) is -0.363. The van der Waals surface area contributed by atoms with Crippen molar-refractivity contribution in [3.05, 3.63) is 0 Å². The predicted molar refractivity (Wildman–Crippen MR) is 31.2 cm³/mol. The van der Waals surface area contributed by atoms with E-state index in [9.17, 15) is 9.59 Å². The van der Waals surface area contributed by atoms with Gasteiger partial charge in [0.1, 0.15) is 0 Å². The molecule has 0 aromatic rings. The molecule has 0 saturated carbocycles. The molecule has 48 valence electrons. The van der Waals surface area contributed by atoms with Crippen LogP contribution in [0.4, 0.5) is 0 Å². The molecule has 9 heavy (non-hydrogen) atoms. The number of nitrogens with one attached hydrogen (secondary N) is 1. The average molecular weight is 144 g/mol. The van der Waals surface area contributed by atoms with Crippen LogP contribution in [0.15, 0.2) is 0 Å². The number of amides is 2. The Kier molecular flexibility index (Phi) is 0.866. The first-order valence-corrected chi connectivity index (χ1v) is 3.38. The van der Waals surface area contributed by atoms with Crippen molar-refractivity contribution in [1.29, 1.82) is 0 Å². The molecule has 0 aromatic heterocycles. The zero-order valence-corrected chi connectivity index (χ0v) is 5.27. The molecule has 0 spiro atoms. The molecule has 0 radical (unpaired) electrons. The van der Waals surface area contributed by atoms with Gasteiger partial charge in [0.2, 0.25) is 5.91 Å². The SMILES string of the molecule is O=C1CN2SC2C(=O)N1. The first-order valence-electron chi connectivity index (χ1n) is 2.54. The number of piperazine rings is 1. The monoisotopic (exact) mass is 144 g/mol. The van der Waals surface area contributed by atoms with Crippen LogP contribution in [0.5, 0.6) is 0 Å². The maximum atomic E-state index is 10.7. The van der Waals surface area contributed by atoms with Gasteiger partial charge in [-0.1, -0.05) is 0 Å². The molecule has 4 nitrogen and oxygen atoms in total. The Balaban J connectivity index is 2.15. The number of carbonyl (C=O) groups is 2. The van der Waals surface area contributed by atoms with Crippen molar-refractivity contribution in [2.24, 2.45) is 0 Å². The van der Waals surface area contributed by atoms with E-state index >= 15 is 0 Å². The Morgan fingerprint density at radius 2 is 2.44 bits per heavy atom. The normalized spacial score (nSPS) is 39.6. The zero-order valence-electron chi connectivity index (χ0n) is 4.46. The fourth-order valence-corrected chi connectivity index (χ4v) is 1.50. The van der Waals surface area contributed by atoms with Gasteiger partial charge in [-0.25, -0.2) is 4.31 Å². The summed E-state index contributed by atoms with van der Waals surface area (Å²) in [4.78, 5) is 21.2. The smallest absolute Gasteiger partial charge is 0.256 e. The van der Waals surface area contributed by atoms with E-state index in [0.717, 1.165) is 0 Å². The van der Waals surface area contributed by atoms with E-state index in [0.29, 0.717) is 6.54 Å². The Labute approximate surface area is 55.7 Å². The third kappa shape index (κ3) is 0.727. The van der Waals surface area contributed by atoms with Gasteiger partial charge in [0.05, 0.1) is 6.54 Å². The van der Waals surface area contributed by atoms with Crippen LogP contribution in [0, 0.1) is 0 Å². The highest BCUT2D eigenvalue weighted by Gasteiger charge is 2.47. The molecule has 2 amide bonds. The average Bonchev–Trinajstić information content (AvgIpc) is 2.43. The molecular weight excluding hydrogens is 140 g/mol. The second kappa shape index (κ2) is 1.48. The molecule has 0 aliphatic carbocycles. The minimum atomic E-state index is -0.193. The molecule has 2 fully saturated rings. The summed E-state index contributed by atoms with van der Waals surface area (Å²) >= 11 is 1.41. The van der Waals surface area contributed by atoms with Crippen molar-refractivity contribution < 1.29 is 9.59 Å². The molecule has 2 rings (SSSR count). The number of carbonyl (C=O) groups excluding carboxylic acids is 2. The predicted octanol–water partition coefficient (Wildman–Crippen LogP) is -1.07. The third-order valence-corrected chi connectivity index (χ3v) is 2.30. The van der Waals surface area contributed by atoms with Crippen LogP contribution < -0.4 is 5.32 Å². The number of fused-ring (bicyclic) bond motifs is 1. The topological polar surface area (TPSA) is 49.2 Å². The van der Waals surface area contributed by atoms with Crippen LogP contribution in [0.2, 0.25) is 0 Å². The summed E-state index contributed by atoms with van der Waals surface area (Å²) in [5.41, 5.74) is 0. The Morgan fingerprint density at radius 1 is 1.67 bits per heavy atom. The highest BCUT2D eigenvalue weighted by Crippen LogP contribution is 2.40. The molecule has 2 saturated heterocycles. The fraction of sp³-hybridized carbons (Fsp3) is 0.500. The van der Waals surface area contributed by atoms with Crippen LogP contribution in [0.3, 0.4) is 0 Å². The highest BCUT2D eigenvalue weighted by atomic mass is 32.2. The summed E-state index contributed by atoms with van der Waals surface area (Å²) < 4.78 is 1.75. The molecule has 2 unspecified atom stereocenters. The lowest BCUT2D eigenvalue weighted by Gasteiger charge is -2.06. The quantitative estimate of drug-likeness (QED) is 0.267. The number of hydrogen-bond acceptors (Lipinski definition) is 4. The molecule has 5 heteroatoms.